The highest BCUT2D eigenvalue weighted by molar-refractivity contribution is 8.01. The van der Waals surface area contributed by atoms with Crippen molar-refractivity contribution in [1.82, 2.24) is 5.32 Å². The molecule has 1 aliphatic rings. The summed E-state index contributed by atoms with van der Waals surface area (Å²) < 4.78 is 0. The van der Waals surface area contributed by atoms with Crippen molar-refractivity contribution in [2.75, 3.05) is 5.75 Å². The van der Waals surface area contributed by atoms with E-state index in [9.17, 15) is 9.59 Å². The average molecular weight is 144 g/mol. The summed E-state index contributed by atoms with van der Waals surface area (Å²) in [6.07, 6.45) is 0. The average Bonchev–Trinajstić information content (AvgIpc) is 1.80. The Balaban J connectivity index is 2.54. The highest BCUT2D eigenvalue weighted by Crippen LogP contribution is 2.12. The third kappa shape index (κ3) is 1.45. The highest BCUT2D eigenvalue weighted by Gasteiger charge is 2.22. The predicted molar refractivity (Wildman–Crippen MR) is 34.8 cm³/mol. The van der Waals surface area contributed by atoms with Crippen molar-refractivity contribution in [3.8, 4) is 0 Å². The van der Waals surface area contributed by atoms with Crippen LogP contribution >= 0.6 is 11.8 Å². The fourth-order valence-corrected chi connectivity index (χ4v) is 1.14. The lowest BCUT2D eigenvalue weighted by molar-refractivity contribution is -0.128. The van der Waals surface area contributed by atoms with Crippen LogP contribution in [0.4, 0.5) is 0 Å². The van der Waals surface area contributed by atoms with Crippen molar-refractivity contribution < 1.29 is 9.59 Å². The smallest absolute Gasteiger partial charge is 0.239 e. The number of carbonyl (C=O) groups excluding carboxylic acids is 2. The topological polar surface area (TPSA) is 46.2 Å². The number of amides is 2. The van der Waals surface area contributed by atoms with Crippen molar-refractivity contribution in [3.05, 3.63) is 6.92 Å². The first kappa shape index (κ1) is 6.61. The van der Waals surface area contributed by atoms with E-state index in [0.29, 0.717) is 5.75 Å². The molecule has 9 heavy (non-hydrogen) atoms. The number of carbonyl (C=O) groups is 2. The molecule has 4 heteroatoms. The zero-order chi connectivity index (χ0) is 6.85. The van der Waals surface area contributed by atoms with E-state index >= 15 is 0 Å². The molecule has 1 radical (unpaired) electrons. The highest BCUT2D eigenvalue weighted by atomic mass is 32.2. The molecular formula is C5H6NO2S. The molecule has 1 saturated heterocycles. The summed E-state index contributed by atoms with van der Waals surface area (Å²) in [7, 11) is 0. The second kappa shape index (κ2) is 2.39. The Hall–Kier alpha value is -0.510. The normalized spacial score (nSPS) is 27.9. The molecule has 0 bridgehead atoms. The van der Waals surface area contributed by atoms with E-state index < -0.39 is 0 Å². The molecule has 0 saturated carbocycles. The van der Waals surface area contributed by atoms with Gasteiger partial charge in [-0.05, 0) is 6.92 Å². The van der Waals surface area contributed by atoms with Crippen LogP contribution in [0, 0.1) is 6.92 Å². The van der Waals surface area contributed by atoms with E-state index in [1.807, 2.05) is 0 Å². The van der Waals surface area contributed by atoms with Gasteiger partial charge in [-0.2, -0.15) is 0 Å². The quantitative estimate of drug-likeness (QED) is 0.470. The summed E-state index contributed by atoms with van der Waals surface area (Å²) in [6.45, 7) is 3.51. The first-order valence-corrected chi connectivity index (χ1v) is 3.53. The number of hydrogen-bond acceptors (Lipinski definition) is 3. The number of nitrogens with one attached hydrogen (secondary N) is 1. The Bertz CT molecular complexity index is 157. The molecule has 3 nitrogen and oxygen atoms in total. The molecule has 1 N–H and O–H groups in total. The lowest BCUT2D eigenvalue weighted by atomic mass is 10.4. The first-order valence-electron chi connectivity index (χ1n) is 2.48. The molecule has 1 atom stereocenters. The Labute approximate surface area is 57.2 Å². The lowest BCUT2D eigenvalue weighted by Gasteiger charge is -2.15. The number of hydrogen-bond donors (Lipinski definition) is 1. The third-order valence-corrected chi connectivity index (χ3v) is 2.02. The van der Waals surface area contributed by atoms with Gasteiger partial charge in [0.15, 0.2) is 0 Å². The van der Waals surface area contributed by atoms with Crippen LogP contribution in [-0.4, -0.2) is 22.8 Å². The molecule has 0 spiro atoms. The molecule has 0 aromatic carbocycles. The van der Waals surface area contributed by atoms with Gasteiger partial charge in [0, 0.05) is 0 Å². The molecule has 1 aliphatic heterocycles. The molecule has 1 heterocycles. The van der Waals surface area contributed by atoms with Gasteiger partial charge >= 0.3 is 0 Å². The minimum absolute atomic E-state index is 0.218. The van der Waals surface area contributed by atoms with Crippen LogP contribution in [0.1, 0.15) is 0 Å². The Morgan fingerprint density at radius 1 is 1.67 bits per heavy atom. The minimum atomic E-state index is -0.317. The predicted octanol–water partition coefficient (Wildman–Crippen LogP) is -0.421. The standard InChI is InChI=1S/C5H6NO2S/c1-3-5(8)6-4(7)2-9-3/h3H,1-2H2,(H,6,7,8). The molecule has 1 unspecified atom stereocenters. The second-order valence-corrected chi connectivity index (χ2v) is 2.90. The van der Waals surface area contributed by atoms with Gasteiger partial charge in [0.2, 0.25) is 11.8 Å². The first-order chi connectivity index (χ1) is 4.20. The van der Waals surface area contributed by atoms with Crippen molar-refractivity contribution >= 4 is 23.6 Å². The molecule has 49 valence electrons. The number of imide groups is 1. The third-order valence-electron chi connectivity index (χ3n) is 0.971. The summed E-state index contributed by atoms with van der Waals surface area (Å²) >= 11 is 1.26. The zero-order valence-corrected chi connectivity index (χ0v) is 5.53. The fourth-order valence-electron chi connectivity index (χ4n) is 0.506. The molecule has 1 rings (SSSR count). The van der Waals surface area contributed by atoms with Gasteiger partial charge in [-0.15, -0.1) is 11.8 Å². The summed E-state index contributed by atoms with van der Waals surface area (Å²) in [4.78, 5) is 21.0. The molecule has 2 amide bonds. The van der Waals surface area contributed by atoms with Crippen LogP contribution in [-0.2, 0) is 9.59 Å². The van der Waals surface area contributed by atoms with Gasteiger partial charge in [-0.25, -0.2) is 0 Å². The largest absolute Gasteiger partial charge is 0.295 e. The summed E-state index contributed by atoms with van der Waals surface area (Å²) in [5.41, 5.74) is 0. The van der Waals surface area contributed by atoms with Crippen LogP contribution in [0.2, 0.25) is 0 Å². The fraction of sp³-hybridized carbons (Fsp3) is 0.400. The lowest BCUT2D eigenvalue weighted by Crippen LogP contribution is -2.42. The van der Waals surface area contributed by atoms with E-state index in [4.69, 9.17) is 0 Å². The van der Waals surface area contributed by atoms with E-state index in [1.165, 1.54) is 11.8 Å². The van der Waals surface area contributed by atoms with Gasteiger partial charge < -0.3 is 0 Å². The van der Waals surface area contributed by atoms with Gasteiger partial charge in [0.1, 0.15) is 0 Å². The van der Waals surface area contributed by atoms with E-state index in [-0.39, 0.29) is 17.1 Å². The number of thioether (sulfide) groups is 1. The monoisotopic (exact) mass is 144 g/mol. The Morgan fingerprint density at radius 2 is 2.33 bits per heavy atom. The maximum absolute atomic E-state index is 10.6. The SMILES string of the molecule is [CH2]C1SCC(=O)NC1=O. The number of rotatable bonds is 0. The van der Waals surface area contributed by atoms with Crippen molar-refractivity contribution in [2.24, 2.45) is 0 Å². The maximum Gasteiger partial charge on any atom is 0.239 e. The summed E-state index contributed by atoms with van der Waals surface area (Å²) in [5, 5.41) is 1.85. The Morgan fingerprint density at radius 3 is 2.78 bits per heavy atom. The van der Waals surface area contributed by atoms with E-state index in [2.05, 4.69) is 12.2 Å². The van der Waals surface area contributed by atoms with Crippen molar-refractivity contribution in [1.29, 1.82) is 0 Å². The van der Waals surface area contributed by atoms with Crippen molar-refractivity contribution in [3.63, 3.8) is 0 Å². The molecular weight excluding hydrogens is 138 g/mol. The van der Waals surface area contributed by atoms with Crippen LogP contribution in [0.3, 0.4) is 0 Å². The van der Waals surface area contributed by atoms with E-state index in [1.54, 1.807) is 0 Å². The van der Waals surface area contributed by atoms with Crippen molar-refractivity contribution in [2.45, 2.75) is 5.25 Å². The van der Waals surface area contributed by atoms with Crippen LogP contribution in [0.5, 0.6) is 0 Å². The second-order valence-electron chi connectivity index (χ2n) is 1.71. The van der Waals surface area contributed by atoms with Crippen LogP contribution in [0.25, 0.3) is 0 Å². The van der Waals surface area contributed by atoms with E-state index in [0.717, 1.165) is 0 Å². The van der Waals surface area contributed by atoms with Crippen LogP contribution in [0.15, 0.2) is 0 Å². The molecule has 1 fully saturated rings. The minimum Gasteiger partial charge on any atom is -0.295 e. The van der Waals surface area contributed by atoms with Gasteiger partial charge in [0.25, 0.3) is 0 Å². The van der Waals surface area contributed by atoms with Gasteiger partial charge in [-0.1, -0.05) is 0 Å². The van der Waals surface area contributed by atoms with Crippen LogP contribution < -0.4 is 5.32 Å². The molecule has 0 aliphatic carbocycles. The maximum atomic E-state index is 10.6. The summed E-state index contributed by atoms with van der Waals surface area (Å²) in [5.74, 6) is -0.152. The van der Waals surface area contributed by atoms with Gasteiger partial charge in [0.05, 0.1) is 11.0 Å². The molecule has 0 aromatic heterocycles. The molecule has 0 aromatic rings. The Kier molecular flexibility index (Phi) is 1.75. The van der Waals surface area contributed by atoms with Gasteiger partial charge in [-0.3, -0.25) is 14.9 Å². The summed E-state index contributed by atoms with van der Waals surface area (Å²) in [6, 6.07) is 0. The zero-order valence-electron chi connectivity index (χ0n) is 4.72.